The number of hydrogen-bond donors (Lipinski definition) is 12. The Bertz CT molecular complexity index is 3340. The summed E-state index contributed by atoms with van der Waals surface area (Å²) < 4.78 is 45.5. The van der Waals surface area contributed by atoms with Gasteiger partial charge in [0.1, 0.15) is 71.8 Å². The molecule has 6 heterocycles. The molecule has 0 radical (unpaired) electrons. The lowest BCUT2D eigenvalue weighted by molar-refractivity contribution is -0.277. The Balaban J connectivity index is 0.000000213. The minimum absolute atomic E-state index is 0.00924. The molecule has 488 valence electrons. The number of morpholine rings is 2. The number of aliphatic hydroxyl groups is 8. The van der Waals surface area contributed by atoms with Crippen molar-refractivity contribution in [3.63, 3.8) is 0 Å². The first kappa shape index (κ1) is 67.3. The van der Waals surface area contributed by atoms with Crippen LogP contribution in [-0.2, 0) is 32.0 Å². The maximum Gasteiger partial charge on any atom is 0.274 e. The number of nitrogens with zero attached hydrogens (tertiary/aromatic N) is 4. The summed E-state index contributed by atoms with van der Waals surface area (Å²) in [7, 11) is 0. The number of carbonyl (C=O) groups is 2. The van der Waals surface area contributed by atoms with E-state index in [9.17, 15) is 60.7 Å². The second-order valence-electron chi connectivity index (χ2n) is 23.1. The van der Waals surface area contributed by atoms with Crippen LogP contribution < -0.4 is 20.1 Å². The zero-order valence-electron chi connectivity index (χ0n) is 51.1. The van der Waals surface area contributed by atoms with Crippen molar-refractivity contribution in [2.45, 2.75) is 128 Å². The van der Waals surface area contributed by atoms with Crippen molar-refractivity contribution in [2.24, 2.45) is 0 Å². The van der Waals surface area contributed by atoms with Crippen LogP contribution in [0.5, 0.6) is 23.0 Å². The third-order valence-corrected chi connectivity index (χ3v) is 16.2. The summed E-state index contributed by atoms with van der Waals surface area (Å²) in [5, 5.41) is 117. The molecule has 0 unspecified atom stereocenters. The topological polar surface area (TPSA) is 374 Å². The quantitative estimate of drug-likeness (QED) is 0.0522. The van der Waals surface area contributed by atoms with Gasteiger partial charge in [0.05, 0.1) is 61.9 Å². The van der Waals surface area contributed by atoms with Crippen molar-refractivity contribution in [3.8, 4) is 67.9 Å². The van der Waals surface area contributed by atoms with E-state index in [4.69, 9.17) is 37.5 Å². The summed E-state index contributed by atoms with van der Waals surface area (Å²) in [5.41, 5.74) is 6.10. The predicted octanol–water partition coefficient (Wildman–Crippen LogP) is 3.20. The Labute approximate surface area is 520 Å². The third-order valence-electron chi connectivity index (χ3n) is 16.2. The number of rotatable bonds is 20. The molecule has 4 aromatic carbocycles. The number of phenols is 2. The molecule has 0 spiro atoms. The van der Waals surface area contributed by atoms with Crippen LogP contribution in [0.1, 0.15) is 96.6 Å². The van der Waals surface area contributed by atoms with Crippen molar-refractivity contribution in [3.05, 3.63) is 106 Å². The number of aliphatic hydroxyl groups excluding tert-OH is 8. The zero-order valence-corrected chi connectivity index (χ0v) is 51.1. The van der Waals surface area contributed by atoms with Crippen molar-refractivity contribution in [1.29, 1.82) is 0 Å². The molecule has 26 heteroatoms. The number of aromatic nitrogens is 2. The summed E-state index contributed by atoms with van der Waals surface area (Å²) in [5.74, 6) is -1.05. The number of aromatic hydroxyl groups is 2. The van der Waals surface area contributed by atoms with Crippen LogP contribution in [0.3, 0.4) is 0 Å². The smallest absolute Gasteiger partial charge is 0.274 e. The highest BCUT2D eigenvalue weighted by molar-refractivity contribution is 6.03. The molecule has 10 rings (SSSR count). The predicted molar refractivity (Wildman–Crippen MR) is 323 cm³/mol. The van der Waals surface area contributed by atoms with Crippen LogP contribution in [-0.4, -0.2) is 223 Å². The number of hydrogen-bond acceptors (Lipinski definition) is 24. The largest absolute Gasteiger partial charge is 0.508 e. The lowest BCUT2D eigenvalue weighted by Gasteiger charge is -2.39. The van der Waals surface area contributed by atoms with Gasteiger partial charge in [-0.05, 0) is 71.2 Å². The molecule has 0 bridgehead atoms. The fourth-order valence-corrected chi connectivity index (χ4v) is 11.1. The van der Waals surface area contributed by atoms with Crippen LogP contribution >= 0.6 is 0 Å². The molecular weight excluding hydrogens is 1170 g/mol. The molecule has 2 amide bonds. The third kappa shape index (κ3) is 15.1. The van der Waals surface area contributed by atoms with Gasteiger partial charge >= 0.3 is 0 Å². The fourth-order valence-electron chi connectivity index (χ4n) is 11.1. The van der Waals surface area contributed by atoms with E-state index >= 15 is 0 Å². The van der Waals surface area contributed by atoms with Crippen LogP contribution in [0.25, 0.3) is 44.9 Å². The average molecular weight is 1260 g/mol. The monoisotopic (exact) mass is 1250 g/mol. The normalized spacial score (nSPS) is 24.1. The molecule has 4 aliphatic heterocycles. The first-order valence-corrected chi connectivity index (χ1v) is 30.3. The van der Waals surface area contributed by atoms with Gasteiger partial charge in [-0.1, -0.05) is 86.5 Å². The minimum Gasteiger partial charge on any atom is -0.508 e. The van der Waals surface area contributed by atoms with Gasteiger partial charge in [0, 0.05) is 64.5 Å². The van der Waals surface area contributed by atoms with Gasteiger partial charge in [0.25, 0.3) is 11.8 Å². The second kappa shape index (κ2) is 30.3. The van der Waals surface area contributed by atoms with Crippen molar-refractivity contribution in [1.82, 2.24) is 30.7 Å². The Hall–Kier alpha value is -7.12. The first-order chi connectivity index (χ1) is 43.2. The molecule has 0 aliphatic carbocycles. The molecule has 6 aromatic rings. The van der Waals surface area contributed by atoms with Crippen molar-refractivity contribution in [2.75, 3.05) is 78.9 Å². The molecule has 0 saturated carbocycles. The van der Waals surface area contributed by atoms with Crippen LogP contribution in [0.2, 0.25) is 0 Å². The standard InChI is InChI=1S/2C32H41N3O10/c1-4-33-31(41)26-25(19-7-5-18(6-8-19)15-35-9-11-42-12-10-35)30(45-34-26)21-13-20(17(2)3)23(14-22(21)37)43-32-29(40)28(39)27(38)24(16-36)44-32;1-4-33-31(41)26-25(19-7-5-18(6-8-19)15-35-9-11-42-12-10-35)30(45-34-26)21-13-20(17(2)3)22(37)14-23(21)43-32-29(40)28(39)27(38)24(16-36)44-32/h2*5-8,13-14,17,24,27-29,32,36-40H,4,9-12,15-16H2,1-3H3,(H,33,41)/t2*24-,27+,28+,29-,32-/m11/s1. The van der Waals surface area contributed by atoms with E-state index < -0.39 is 86.4 Å². The number of ether oxygens (including phenoxy) is 6. The number of amides is 2. The Morgan fingerprint density at radius 2 is 0.944 bits per heavy atom. The molecule has 10 atom stereocenters. The van der Waals surface area contributed by atoms with Gasteiger partial charge in [-0.15, -0.1) is 0 Å². The Morgan fingerprint density at radius 1 is 0.544 bits per heavy atom. The maximum absolute atomic E-state index is 13.2. The maximum atomic E-state index is 13.2. The summed E-state index contributed by atoms with van der Waals surface area (Å²) in [6.07, 6.45) is -15.1. The SMILES string of the molecule is CCNC(=O)c1noc(-c2cc(C(C)C)c(O)cc2O[C@@H]2O[C@H](CO)[C@H](O)[C@H](O)[C@H]2O)c1-c1ccc(CN2CCOCC2)cc1.CCNC(=O)c1noc(-c2cc(C(C)C)c(O[C@@H]3O[C@H](CO)[C@H](O)[C@H](O)[C@H]3O)cc2O)c1-c1ccc(CN2CCOCC2)cc1. The van der Waals surface area contributed by atoms with Crippen LogP contribution in [0, 0.1) is 0 Å². The second-order valence-corrected chi connectivity index (χ2v) is 23.1. The molecule has 4 saturated heterocycles. The first-order valence-electron chi connectivity index (χ1n) is 30.3. The zero-order chi connectivity index (χ0) is 64.5. The highest BCUT2D eigenvalue weighted by Gasteiger charge is 2.47. The van der Waals surface area contributed by atoms with Gasteiger partial charge in [0.2, 0.25) is 12.6 Å². The fraction of sp³-hybridized carbons (Fsp3) is 0.500. The molecule has 2 aromatic heterocycles. The number of carbonyl (C=O) groups excluding carboxylic acids is 2. The highest BCUT2D eigenvalue weighted by Crippen LogP contribution is 2.47. The summed E-state index contributed by atoms with van der Waals surface area (Å²) in [4.78, 5) is 30.8. The molecule has 4 aliphatic rings. The summed E-state index contributed by atoms with van der Waals surface area (Å²) >= 11 is 0. The molecule has 90 heavy (non-hydrogen) atoms. The average Bonchev–Trinajstić information content (AvgIpc) is 1.57. The highest BCUT2D eigenvalue weighted by atomic mass is 16.7. The van der Waals surface area contributed by atoms with E-state index in [1.807, 2.05) is 76.2 Å². The number of benzene rings is 4. The lowest BCUT2D eigenvalue weighted by atomic mass is 9.93. The van der Waals surface area contributed by atoms with Crippen LogP contribution in [0.15, 0.2) is 81.8 Å². The number of phenolic OH excluding ortho intramolecular Hbond substituents is 2. The molecular formula is C64H82N6O20. The van der Waals surface area contributed by atoms with E-state index in [1.165, 1.54) is 12.1 Å². The molecule has 26 nitrogen and oxygen atoms in total. The summed E-state index contributed by atoms with van der Waals surface area (Å²) in [6, 6.07) is 21.4. The van der Waals surface area contributed by atoms with E-state index in [2.05, 4.69) is 30.7 Å². The molecule has 4 fully saturated rings. The van der Waals surface area contributed by atoms with Crippen molar-refractivity contribution >= 4 is 11.8 Å². The van der Waals surface area contributed by atoms with E-state index in [-0.39, 0.29) is 63.3 Å². The van der Waals surface area contributed by atoms with E-state index in [0.29, 0.717) is 78.5 Å². The number of nitrogens with one attached hydrogen (secondary N) is 2. The van der Waals surface area contributed by atoms with E-state index in [1.54, 1.807) is 26.0 Å². The van der Waals surface area contributed by atoms with Gasteiger partial charge < -0.3 is 99.2 Å². The van der Waals surface area contributed by atoms with Gasteiger partial charge in [-0.25, -0.2) is 0 Å². The van der Waals surface area contributed by atoms with Gasteiger partial charge in [-0.3, -0.25) is 19.4 Å². The Morgan fingerprint density at radius 3 is 1.36 bits per heavy atom. The van der Waals surface area contributed by atoms with Crippen molar-refractivity contribution < 1.29 is 98.1 Å². The van der Waals surface area contributed by atoms with Gasteiger partial charge in [0.15, 0.2) is 22.9 Å². The van der Waals surface area contributed by atoms with Gasteiger partial charge in [-0.2, -0.15) is 0 Å². The van der Waals surface area contributed by atoms with Crippen LogP contribution in [0.4, 0.5) is 0 Å². The Kier molecular flexibility index (Phi) is 22.7. The minimum atomic E-state index is -1.69. The van der Waals surface area contributed by atoms with E-state index in [0.717, 1.165) is 50.4 Å². The molecule has 12 N–H and O–H groups in total. The lowest BCUT2D eigenvalue weighted by Crippen LogP contribution is -2.60. The summed E-state index contributed by atoms with van der Waals surface area (Å²) in [6.45, 7) is 18.3.